The fourth-order valence-electron chi connectivity index (χ4n) is 2.29. The first-order chi connectivity index (χ1) is 12.3. The molecule has 6 nitrogen and oxygen atoms in total. The maximum atomic E-state index is 11.5. The van der Waals surface area contributed by atoms with Crippen LogP contribution in [0, 0.1) is 4.77 Å². The molecule has 0 fully saturated rings. The molecular weight excluding hydrogens is 392 g/mol. The van der Waals surface area contributed by atoms with Crippen LogP contribution in [-0.2, 0) is 16.3 Å². The van der Waals surface area contributed by atoms with Crippen LogP contribution in [0.4, 0.5) is 0 Å². The molecule has 3 rings (SSSR count). The zero-order valence-electron chi connectivity index (χ0n) is 13.8. The molecule has 1 heterocycles. The number of aromatic nitrogens is 3. The van der Waals surface area contributed by atoms with Gasteiger partial charge in [0.1, 0.15) is 0 Å². The molecule has 0 aliphatic heterocycles. The van der Waals surface area contributed by atoms with Gasteiger partial charge in [-0.1, -0.05) is 41.9 Å². The number of hydrogen-bond acceptors (Lipinski definition) is 5. The number of aromatic amines is 1. The summed E-state index contributed by atoms with van der Waals surface area (Å²) in [5, 5.41) is 11.9. The highest BCUT2D eigenvalue weighted by Crippen LogP contribution is 2.15. The number of sulfone groups is 1. The highest BCUT2D eigenvalue weighted by molar-refractivity contribution is 7.90. The van der Waals surface area contributed by atoms with Crippen molar-refractivity contribution in [2.45, 2.75) is 11.3 Å². The molecule has 0 spiro atoms. The van der Waals surface area contributed by atoms with E-state index in [0.29, 0.717) is 22.0 Å². The van der Waals surface area contributed by atoms with E-state index in [2.05, 4.69) is 15.3 Å². The molecule has 26 heavy (non-hydrogen) atoms. The Morgan fingerprint density at radius 3 is 2.58 bits per heavy atom. The molecule has 0 radical (unpaired) electrons. The summed E-state index contributed by atoms with van der Waals surface area (Å²) in [7, 11) is -3.22. The molecule has 3 aromatic rings. The summed E-state index contributed by atoms with van der Waals surface area (Å²) >= 11 is 11.4. The van der Waals surface area contributed by atoms with Crippen molar-refractivity contribution in [3.63, 3.8) is 0 Å². The lowest BCUT2D eigenvalue weighted by Gasteiger charge is -2.03. The van der Waals surface area contributed by atoms with Crippen LogP contribution in [0.3, 0.4) is 0 Å². The highest BCUT2D eigenvalue weighted by Gasteiger charge is 2.09. The first kappa shape index (κ1) is 18.5. The van der Waals surface area contributed by atoms with Gasteiger partial charge in [-0.15, -0.1) is 0 Å². The zero-order valence-corrected chi connectivity index (χ0v) is 16.1. The highest BCUT2D eigenvalue weighted by atomic mass is 35.5. The molecule has 0 saturated heterocycles. The van der Waals surface area contributed by atoms with E-state index in [1.54, 1.807) is 36.5 Å². The van der Waals surface area contributed by atoms with Gasteiger partial charge in [-0.2, -0.15) is 14.9 Å². The summed E-state index contributed by atoms with van der Waals surface area (Å²) in [6.07, 6.45) is 3.23. The van der Waals surface area contributed by atoms with Crippen molar-refractivity contribution in [2.24, 2.45) is 5.10 Å². The molecule has 134 valence electrons. The second kappa shape index (κ2) is 7.53. The largest absolute Gasteiger partial charge is 0.250 e. The van der Waals surface area contributed by atoms with Crippen molar-refractivity contribution in [1.29, 1.82) is 0 Å². The summed E-state index contributed by atoms with van der Waals surface area (Å²) < 4.78 is 25.0. The van der Waals surface area contributed by atoms with E-state index in [9.17, 15) is 8.42 Å². The zero-order chi connectivity index (χ0) is 18.7. The predicted octanol–water partition coefficient (Wildman–Crippen LogP) is 3.47. The van der Waals surface area contributed by atoms with Gasteiger partial charge in [0.15, 0.2) is 15.7 Å². The summed E-state index contributed by atoms with van der Waals surface area (Å²) in [4.78, 5) is 0.275. The quantitative estimate of drug-likeness (QED) is 0.519. The Morgan fingerprint density at radius 1 is 1.23 bits per heavy atom. The molecule has 1 N–H and O–H groups in total. The van der Waals surface area contributed by atoms with E-state index in [1.165, 1.54) is 10.9 Å². The Bertz CT molecular complexity index is 1120. The van der Waals surface area contributed by atoms with Gasteiger partial charge in [0.2, 0.25) is 4.77 Å². The number of H-pyrrole nitrogens is 1. The minimum Gasteiger partial charge on any atom is -0.250 e. The van der Waals surface area contributed by atoms with Crippen molar-refractivity contribution >= 4 is 39.9 Å². The predicted molar refractivity (Wildman–Crippen MR) is 104 cm³/mol. The summed E-state index contributed by atoms with van der Waals surface area (Å²) in [6.45, 7) is 0. The minimum atomic E-state index is -3.22. The van der Waals surface area contributed by atoms with Gasteiger partial charge in [0, 0.05) is 23.3 Å². The SMILES string of the molecule is CS(=O)(=O)c1ccc(Cc2n[nH]c(=S)n2/N=C/c2ccccc2Cl)cc1. The van der Waals surface area contributed by atoms with Crippen molar-refractivity contribution in [3.8, 4) is 0 Å². The lowest BCUT2D eigenvalue weighted by atomic mass is 10.1. The third kappa shape index (κ3) is 4.27. The summed E-state index contributed by atoms with van der Waals surface area (Å²) in [5.74, 6) is 0.602. The molecule has 0 aliphatic carbocycles. The number of benzene rings is 2. The smallest absolute Gasteiger partial charge is 0.216 e. The van der Waals surface area contributed by atoms with Gasteiger partial charge in [-0.05, 0) is 36.0 Å². The van der Waals surface area contributed by atoms with Gasteiger partial charge in [0.25, 0.3) is 0 Å². The fraction of sp³-hybridized carbons (Fsp3) is 0.118. The molecule has 0 saturated carbocycles. The van der Waals surface area contributed by atoms with Crippen molar-refractivity contribution in [1.82, 2.24) is 14.9 Å². The second-order valence-corrected chi connectivity index (χ2v) is 8.43. The molecule has 0 unspecified atom stereocenters. The van der Waals surface area contributed by atoms with E-state index in [1.807, 2.05) is 18.2 Å². The Hall–Kier alpha value is -2.29. The number of nitrogens with zero attached hydrogens (tertiary/aromatic N) is 3. The van der Waals surface area contributed by atoms with Gasteiger partial charge in [-0.3, -0.25) is 5.10 Å². The monoisotopic (exact) mass is 406 g/mol. The Kier molecular flexibility index (Phi) is 5.36. The van der Waals surface area contributed by atoms with E-state index in [0.717, 1.165) is 11.1 Å². The maximum Gasteiger partial charge on any atom is 0.216 e. The van der Waals surface area contributed by atoms with Crippen molar-refractivity contribution in [2.75, 3.05) is 6.26 Å². The third-order valence-corrected chi connectivity index (χ3v) is 5.39. The van der Waals surface area contributed by atoms with E-state index < -0.39 is 9.84 Å². The van der Waals surface area contributed by atoms with Gasteiger partial charge in [-0.25, -0.2) is 8.42 Å². The normalized spacial score (nSPS) is 11.9. The summed E-state index contributed by atoms with van der Waals surface area (Å²) in [5.41, 5.74) is 1.65. The minimum absolute atomic E-state index is 0.275. The van der Waals surface area contributed by atoms with Crippen LogP contribution < -0.4 is 0 Å². The van der Waals surface area contributed by atoms with Crippen molar-refractivity contribution in [3.05, 3.63) is 75.3 Å². The average molecular weight is 407 g/mol. The van der Waals surface area contributed by atoms with Gasteiger partial charge >= 0.3 is 0 Å². The van der Waals surface area contributed by atoms with Crippen LogP contribution in [0.2, 0.25) is 5.02 Å². The molecule has 0 bridgehead atoms. The Morgan fingerprint density at radius 2 is 1.92 bits per heavy atom. The lowest BCUT2D eigenvalue weighted by Crippen LogP contribution is -2.01. The second-order valence-electron chi connectivity index (χ2n) is 5.62. The van der Waals surface area contributed by atoms with Crippen LogP contribution >= 0.6 is 23.8 Å². The lowest BCUT2D eigenvalue weighted by molar-refractivity contribution is 0.602. The average Bonchev–Trinajstić information content (AvgIpc) is 2.94. The molecule has 0 amide bonds. The van der Waals surface area contributed by atoms with E-state index >= 15 is 0 Å². The molecule has 0 atom stereocenters. The topological polar surface area (TPSA) is 80.1 Å². The molecule has 9 heteroatoms. The van der Waals surface area contributed by atoms with Crippen LogP contribution in [-0.4, -0.2) is 35.8 Å². The van der Waals surface area contributed by atoms with Gasteiger partial charge < -0.3 is 0 Å². The molecular formula is C17H15ClN4O2S2. The number of nitrogens with one attached hydrogen (secondary N) is 1. The van der Waals surface area contributed by atoms with E-state index in [-0.39, 0.29) is 4.90 Å². The Balaban J connectivity index is 1.87. The van der Waals surface area contributed by atoms with Crippen molar-refractivity contribution < 1.29 is 8.42 Å². The van der Waals surface area contributed by atoms with E-state index in [4.69, 9.17) is 23.8 Å². The maximum absolute atomic E-state index is 11.5. The first-order valence-corrected chi connectivity index (χ1v) is 10.3. The Labute approximate surface area is 161 Å². The number of rotatable bonds is 5. The van der Waals surface area contributed by atoms with Crippen LogP contribution in [0.25, 0.3) is 0 Å². The molecule has 0 aliphatic rings. The fourth-order valence-corrected chi connectivity index (χ4v) is 3.31. The molecule has 2 aromatic carbocycles. The third-order valence-electron chi connectivity index (χ3n) is 3.65. The van der Waals surface area contributed by atoms with Gasteiger partial charge in [0.05, 0.1) is 11.1 Å². The van der Waals surface area contributed by atoms with Crippen LogP contribution in [0.1, 0.15) is 17.0 Å². The summed E-state index contributed by atoms with van der Waals surface area (Å²) in [6, 6.07) is 14.0. The van der Waals surface area contributed by atoms with Crippen LogP contribution in [0.15, 0.2) is 58.5 Å². The number of hydrogen-bond donors (Lipinski definition) is 1. The van der Waals surface area contributed by atoms with Crippen LogP contribution in [0.5, 0.6) is 0 Å². The molecule has 1 aromatic heterocycles. The standard InChI is InChI=1S/C17H15ClN4O2S2/c1-26(23,24)14-8-6-12(7-9-14)10-16-20-21-17(25)22(16)19-11-13-4-2-3-5-15(13)18/h2-9,11H,10H2,1H3,(H,21,25)/b19-11+. The first-order valence-electron chi connectivity index (χ1n) is 7.59. The number of halogens is 1.